The summed E-state index contributed by atoms with van der Waals surface area (Å²) in [6, 6.07) is 0. The second-order valence-electron chi connectivity index (χ2n) is 10.4. The topological polar surface area (TPSA) is 52.6 Å². The van der Waals surface area contributed by atoms with Crippen molar-refractivity contribution >= 4 is 11.9 Å². The number of rotatable bonds is 3. The van der Waals surface area contributed by atoms with Crippen molar-refractivity contribution in [3.05, 3.63) is 34.9 Å². The first-order valence-electron chi connectivity index (χ1n) is 11.8. The second-order valence-corrected chi connectivity index (χ2v) is 10.4. The zero-order valence-corrected chi connectivity index (χ0v) is 19.4. The smallest absolute Gasteiger partial charge is 0.367 e. The van der Waals surface area contributed by atoms with Gasteiger partial charge in [-0.3, -0.25) is 4.79 Å². The van der Waals surface area contributed by atoms with Gasteiger partial charge in [0.2, 0.25) is 5.83 Å². The minimum absolute atomic E-state index is 0.0278. The largest absolute Gasteiger partial charge is 0.461 e. The summed E-state index contributed by atoms with van der Waals surface area (Å²) in [6.07, 6.45) is 9.64. The van der Waals surface area contributed by atoms with E-state index in [-0.39, 0.29) is 23.4 Å². The van der Waals surface area contributed by atoms with Crippen molar-refractivity contribution in [2.24, 2.45) is 34.5 Å². The van der Waals surface area contributed by atoms with Crippen LogP contribution in [-0.2, 0) is 19.1 Å². The monoisotopic (exact) mass is 430 g/mol. The van der Waals surface area contributed by atoms with E-state index in [1.807, 2.05) is 0 Å². The lowest BCUT2D eigenvalue weighted by atomic mass is 9.46. The van der Waals surface area contributed by atoms with Crippen LogP contribution in [0.15, 0.2) is 34.9 Å². The van der Waals surface area contributed by atoms with Gasteiger partial charge in [0.15, 0.2) is 0 Å². The van der Waals surface area contributed by atoms with Crippen LogP contribution < -0.4 is 0 Å². The van der Waals surface area contributed by atoms with E-state index in [1.54, 1.807) is 6.92 Å². The standard InChI is InChI=1S/C26H35FO4/c1-6-30-24(29)23(27)22-10-9-20-19-8-7-17-14-18(31-16(3)28)13-15(2)26(17,5)21(19)11-12-25(20,22)4/h7,14-15,19-21H,6,8-13H2,1-5H3/t15-,19-,20-,21-,25-,26-/m0/s1. The van der Waals surface area contributed by atoms with Gasteiger partial charge in [0, 0.05) is 13.3 Å². The van der Waals surface area contributed by atoms with E-state index in [4.69, 9.17) is 9.47 Å². The van der Waals surface area contributed by atoms with Gasteiger partial charge in [-0.2, -0.15) is 4.39 Å². The Morgan fingerprint density at radius 2 is 1.97 bits per heavy atom. The van der Waals surface area contributed by atoms with Gasteiger partial charge in [0.1, 0.15) is 5.76 Å². The van der Waals surface area contributed by atoms with E-state index in [0.717, 1.165) is 37.9 Å². The number of carbonyl (C=O) groups is 2. The molecule has 5 heteroatoms. The molecule has 4 rings (SSSR count). The molecule has 0 amide bonds. The number of carbonyl (C=O) groups excluding carboxylic acids is 2. The molecule has 6 atom stereocenters. The Morgan fingerprint density at radius 1 is 1.23 bits per heavy atom. The summed E-state index contributed by atoms with van der Waals surface area (Å²) in [6.45, 7) is 10.2. The lowest BCUT2D eigenvalue weighted by molar-refractivity contribution is -0.140. The van der Waals surface area contributed by atoms with Crippen LogP contribution >= 0.6 is 0 Å². The van der Waals surface area contributed by atoms with E-state index in [0.29, 0.717) is 35.7 Å². The molecule has 4 aliphatic carbocycles. The van der Waals surface area contributed by atoms with Crippen LogP contribution in [0.3, 0.4) is 0 Å². The lowest BCUT2D eigenvalue weighted by Gasteiger charge is -2.58. The van der Waals surface area contributed by atoms with Gasteiger partial charge in [0.05, 0.1) is 6.61 Å². The van der Waals surface area contributed by atoms with Crippen molar-refractivity contribution in [1.82, 2.24) is 0 Å². The van der Waals surface area contributed by atoms with Crippen molar-refractivity contribution < 1.29 is 23.5 Å². The summed E-state index contributed by atoms with van der Waals surface area (Å²) in [5.74, 6) is 0.785. The molecule has 0 spiro atoms. The molecule has 0 aromatic heterocycles. The van der Waals surface area contributed by atoms with E-state index in [9.17, 15) is 9.59 Å². The van der Waals surface area contributed by atoms with Crippen molar-refractivity contribution in [2.45, 2.75) is 73.1 Å². The van der Waals surface area contributed by atoms with Crippen molar-refractivity contribution in [2.75, 3.05) is 6.61 Å². The summed E-state index contributed by atoms with van der Waals surface area (Å²) >= 11 is 0. The third-order valence-corrected chi connectivity index (χ3v) is 9.07. The first kappa shape index (κ1) is 22.3. The quantitative estimate of drug-likeness (QED) is 0.405. The van der Waals surface area contributed by atoms with Gasteiger partial charge in [-0.05, 0) is 90.8 Å². The number of ether oxygens (including phenoxy) is 2. The summed E-state index contributed by atoms with van der Waals surface area (Å²) in [4.78, 5) is 23.6. The molecular weight excluding hydrogens is 395 g/mol. The molecule has 0 aromatic carbocycles. The summed E-state index contributed by atoms with van der Waals surface area (Å²) in [5, 5.41) is 0. The molecular formula is C26H35FO4. The van der Waals surface area contributed by atoms with Crippen molar-refractivity contribution in [3.63, 3.8) is 0 Å². The molecule has 4 nitrogen and oxygen atoms in total. The fraction of sp³-hybridized carbons (Fsp3) is 0.692. The Hall–Kier alpha value is -1.91. The van der Waals surface area contributed by atoms with Crippen molar-refractivity contribution in [1.29, 1.82) is 0 Å². The molecule has 0 unspecified atom stereocenters. The average Bonchev–Trinajstić information content (AvgIpc) is 3.05. The number of esters is 2. The predicted octanol–water partition coefficient (Wildman–Crippen LogP) is 6.04. The highest BCUT2D eigenvalue weighted by Crippen LogP contribution is 2.67. The molecule has 2 saturated carbocycles. The van der Waals surface area contributed by atoms with Crippen LogP contribution in [-0.4, -0.2) is 18.5 Å². The SMILES string of the molecule is CCOC(=O)C(F)=C1CC[C@H]2[C@@H]3CC=C4C=C(OC(C)=O)C[C@H](C)[C@]4(C)[C@H]3CC[C@]12C. The molecule has 170 valence electrons. The highest BCUT2D eigenvalue weighted by atomic mass is 19.1. The van der Waals surface area contributed by atoms with Crippen LogP contribution in [0.25, 0.3) is 0 Å². The van der Waals surface area contributed by atoms with Crippen LogP contribution in [0, 0.1) is 34.5 Å². The zero-order valence-electron chi connectivity index (χ0n) is 19.4. The highest BCUT2D eigenvalue weighted by molar-refractivity contribution is 5.87. The maximum atomic E-state index is 15.0. The maximum Gasteiger partial charge on any atom is 0.367 e. The summed E-state index contributed by atoms with van der Waals surface area (Å²) < 4.78 is 25.4. The Labute approximate surface area is 184 Å². The van der Waals surface area contributed by atoms with Gasteiger partial charge >= 0.3 is 11.9 Å². The number of hydrogen-bond acceptors (Lipinski definition) is 4. The molecule has 2 fully saturated rings. The van der Waals surface area contributed by atoms with Crippen LogP contribution in [0.4, 0.5) is 4.39 Å². The molecule has 0 aromatic rings. The maximum absolute atomic E-state index is 15.0. The minimum atomic E-state index is -0.802. The molecule has 0 bridgehead atoms. The third-order valence-electron chi connectivity index (χ3n) is 9.07. The van der Waals surface area contributed by atoms with Gasteiger partial charge in [0.25, 0.3) is 0 Å². The van der Waals surface area contributed by atoms with E-state index < -0.39 is 11.8 Å². The van der Waals surface area contributed by atoms with Crippen LogP contribution in [0.1, 0.15) is 73.1 Å². The third kappa shape index (κ3) is 3.39. The van der Waals surface area contributed by atoms with Gasteiger partial charge in [-0.1, -0.05) is 26.8 Å². The summed E-state index contributed by atoms with van der Waals surface area (Å²) in [5.41, 5.74) is 1.73. The zero-order chi connectivity index (χ0) is 22.6. The summed E-state index contributed by atoms with van der Waals surface area (Å²) in [7, 11) is 0. The lowest BCUT2D eigenvalue weighted by Crippen LogP contribution is -2.51. The van der Waals surface area contributed by atoms with Gasteiger partial charge < -0.3 is 9.47 Å². The Kier molecular flexibility index (Phi) is 5.68. The Balaban J connectivity index is 1.66. The minimum Gasteiger partial charge on any atom is -0.461 e. The fourth-order valence-corrected chi connectivity index (χ4v) is 7.41. The fourth-order valence-electron chi connectivity index (χ4n) is 7.41. The van der Waals surface area contributed by atoms with Crippen LogP contribution in [0.5, 0.6) is 0 Å². The molecule has 0 aliphatic heterocycles. The first-order valence-corrected chi connectivity index (χ1v) is 11.8. The normalized spacial score (nSPS) is 40.6. The van der Waals surface area contributed by atoms with Gasteiger partial charge in [-0.15, -0.1) is 0 Å². The molecule has 4 aliphatic rings. The average molecular weight is 431 g/mol. The van der Waals surface area contributed by atoms with E-state index in [1.165, 1.54) is 12.5 Å². The number of halogens is 1. The number of hydrogen-bond donors (Lipinski definition) is 0. The highest BCUT2D eigenvalue weighted by Gasteiger charge is 2.59. The van der Waals surface area contributed by atoms with E-state index in [2.05, 4.69) is 32.9 Å². The Bertz CT molecular complexity index is 884. The predicted molar refractivity (Wildman–Crippen MR) is 116 cm³/mol. The molecule has 31 heavy (non-hydrogen) atoms. The van der Waals surface area contributed by atoms with Crippen molar-refractivity contribution in [3.8, 4) is 0 Å². The molecule has 0 heterocycles. The molecule has 0 saturated heterocycles. The number of fused-ring (bicyclic) bond motifs is 5. The first-order chi connectivity index (χ1) is 14.6. The second kappa shape index (κ2) is 7.90. The Morgan fingerprint density at radius 3 is 2.65 bits per heavy atom. The van der Waals surface area contributed by atoms with Crippen LogP contribution in [0.2, 0.25) is 0 Å². The van der Waals surface area contributed by atoms with E-state index >= 15 is 4.39 Å². The molecule has 0 radical (unpaired) electrons. The van der Waals surface area contributed by atoms with Gasteiger partial charge in [-0.25, -0.2) is 4.79 Å². The number of allylic oxidation sites excluding steroid dienone is 5. The molecule has 0 N–H and O–H groups in total.